The number of amides is 1. The summed E-state index contributed by atoms with van der Waals surface area (Å²) >= 11 is 0. The zero-order valence-electron chi connectivity index (χ0n) is 9.99. The van der Waals surface area contributed by atoms with Crippen LogP contribution in [-0.4, -0.2) is 52.2 Å². The van der Waals surface area contributed by atoms with Crippen LogP contribution >= 0.6 is 0 Å². The van der Waals surface area contributed by atoms with E-state index in [1.807, 2.05) is 18.8 Å². The quantitative estimate of drug-likeness (QED) is 0.511. The molecule has 0 bridgehead atoms. The monoisotopic (exact) mass is 247 g/mol. The third kappa shape index (κ3) is 8.26. The highest BCUT2D eigenvalue weighted by Crippen LogP contribution is 2.01. The Kier molecular flexibility index (Phi) is 5.48. The first kappa shape index (κ1) is 14.9. The molecule has 92 valence electrons. The van der Waals surface area contributed by atoms with Crippen molar-refractivity contribution in [3.63, 3.8) is 0 Å². The van der Waals surface area contributed by atoms with Gasteiger partial charge in [0.2, 0.25) is 15.9 Å². The molecule has 0 aromatic carbocycles. The molecule has 0 aliphatic rings. The van der Waals surface area contributed by atoms with Crippen LogP contribution in [0.15, 0.2) is 0 Å². The van der Waals surface area contributed by atoms with Crippen LogP contribution in [0.3, 0.4) is 0 Å². The van der Waals surface area contributed by atoms with Crippen molar-refractivity contribution in [1.29, 1.82) is 0 Å². The van der Waals surface area contributed by atoms with Gasteiger partial charge in [0.1, 0.15) is 6.54 Å². The van der Waals surface area contributed by atoms with Crippen molar-refractivity contribution in [2.24, 2.45) is 0 Å². The van der Waals surface area contributed by atoms with E-state index >= 15 is 0 Å². The fraction of sp³-hybridized carbons (Fsp3) is 0.700. The number of quaternary nitrogens is 1. The Bertz CT molecular complexity index is 379. The zero-order chi connectivity index (χ0) is 12.8. The average molecular weight is 247 g/mol. The number of nitrogens with zero attached hydrogens (tertiary/aromatic N) is 1. The van der Waals surface area contributed by atoms with Crippen LogP contribution < -0.4 is 4.72 Å². The first-order valence-electron chi connectivity index (χ1n) is 4.92. The first-order valence-corrected chi connectivity index (χ1v) is 6.81. The summed E-state index contributed by atoms with van der Waals surface area (Å²) in [6, 6.07) is 0. The molecule has 16 heavy (non-hydrogen) atoms. The lowest BCUT2D eigenvalue weighted by Crippen LogP contribution is -2.41. The molecule has 0 fully saturated rings. The Hall–Kier alpha value is -1.06. The maximum Gasteiger partial charge on any atom is 0.233 e. The van der Waals surface area contributed by atoms with E-state index < -0.39 is 15.9 Å². The lowest BCUT2D eigenvalue weighted by molar-refractivity contribution is -0.883. The Labute approximate surface area is 97.5 Å². The van der Waals surface area contributed by atoms with Gasteiger partial charge in [0.25, 0.3) is 0 Å². The topological polar surface area (TPSA) is 63.2 Å². The minimum atomic E-state index is -3.44. The van der Waals surface area contributed by atoms with Crippen LogP contribution in [-0.2, 0) is 14.8 Å². The van der Waals surface area contributed by atoms with Crippen LogP contribution in [0.25, 0.3) is 0 Å². The zero-order valence-corrected chi connectivity index (χ0v) is 10.8. The third-order valence-electron chi connectivity index (χ3n) is 1.99. The van der Waals surface area contributed by atoms with E-state index in [2.05, 4.69) is 5.92 Å². The smallest absolute Gasteiger partial charge is 0.233 e. The fourth-order valence-electron chi connectivity index (χ4n) is 1.25. The van der Waals surface area contributed by atoms with Crippen molar-refractivity contribution in [2.45, 2.75) is 12.8 Å². The normalized spacial score (nSPS) is 11.9. The predicted octanol–water partition coefficient (Wildman–Crippen LogP) is -0.448. The Balaban J connectivity index is 3.92. The fourth-order valence-corrected chi connectivity index (χ4v) is 1.77. The Morgan fingerprint density at radius 2 is 2.00 bits per heavy atom. The second kappa shape index (κ2) is 5.87. The number of rotatable bonds is 6. The first-order chi connectivity index (χ1) is 7.16. The average Bonchev–Trinajstić information content (AvgIpc) is 1.99. The van der Waals surface area contributed by atoms with Gasteiger partial charge in [-0.25, -0.2) is 8.42 Å². The van der Waals surface area contributed by atoms with E-state index in [1.165, 1.54) is 0 Å². The minimum absolute atomic E-state index is 0.194. The summed E-state index contributed by atoms with van der Waals surface area (Å²) in [6.45, 7) is 1.33. The molecule has 5 nitrogen and oxygen atoms in total. The molecule has 0 atom stereocenters. The number of carbonyl (C=O) groups is 1. The van der Waals surface area contributed by atoms with Crippen LogP contribution in [0.1, 0.15) is 12.8 Å². The molecule has 0 saturated heterocycles. The number of sulfonamides is 1. The summed E-state index contributed by atoms with van der Waals surface area (Å²) in [5.74, 6) is 2.09. The molecular formula is C10H19N2O3S+. The van der Waals surface area contributed by atoms with Crippen molar-refractivity contribution in [3.05, 3.63) is 0 Å². The van der Waals surface area contributed by atoms with Gasteiger partial charge in [-0.05, 0) is 5.92 Å². The molecule has 0 heterocycles. The molecule has 0 spiro atoms. The van der Waals surface area contributed by atoms with Crippen molar-refractivity contribution < 1.29 is 17.7 Å². The summed E-state index contributed by atoms with van der Waals surface area (Å²) in [7, 11) is 0.497. The molecule has 0 aromatic heterocycles. The van der Waals surface area contributed by atoms with E-state index in [1.54, 1.807) is 0 Å². The van der Waals surface area contributed by atoms with Gasteiger partial charge >= 0.3 is 0 Å². The van der Waals surface area contributed by atoms with Gasteiger partial charge in [-0.15, -0.1) is 6.42 Å². The molecule has 0 aliphatic carbocycles. The molecule has 0 unspecified atom stereocenters. The van der Waals surface area contributed by atoms with Crippen molar-refractivity contribution in [3.8, 4) is 12.3 Å². The van der Waals surface area contributed by atoms with Crippen LogP contribution in [0.2, 0.25) is 0 Å². The number of nitrogens with one attached hydrogen (secondary N) is 1. The van der Waals surface area contributed by atoms with E-state index in [4.69, 9.17) is 6.42 Å². The maximum atomic E-state index is 11.2. The number of terminal acetylenes is 1. The van der Waals surface area contributed by atoms with E-state index in [-0.39, 0.29) is 6.42 Å². The second-order valence-corrected chi connectivity index (χ2v) is 6.17. The summed E-state index contributed by atoms with van der Waals surface area (Å²) in [5.41, 5.74) is 0. The highest BCUT2D eigenvalue weighted by Gasteiger charge is 2.14. The van der Waals surface area contributed by atoms with E-state index in [0.717, 1.165) is 12.8 Å². The summed E-state index contributed by atoms with van der Waals surface area (Å²) in [6.07, 6.45) is 6.97. The lowest BCUT2D eigenvalue weighted by atomic mass is 10.2. The molecule has 0 aliphatic heterocycles. The Morgan fingerprint density at radius 3 is 2.44 bits per heavy atom. The standard InChI is InChI=1S/C10H18N2O3S/c1-5-8-12(2,3)9-6-7-10(13)11-16(4,14)15/h1H,6-9H2,2-4H3/p+1. The van der Waals surface area contributed by atoms with E-state index in [0.29, 0.717) is 17.4 Å². The van der Waals surface area contributed by atoms with E-state index in [9.17, 15) is 13.2 Å². The predicted molar refractivity (Wildman–Crippen MR) is 62.9 cm³/mol. The molecule has 1 amide bonds. The molecule has 0 radical (unpaired) electrons. The highest BCUT2D eigenvalue weighted by molar-refractivity contribution is 7.89. The summed E-state index contributed by atoms with van der Waals surface area (Å²) < 4.78 is 24.0. The SMILES string of the molecule is C#CC[N+](C)(C)CCCC(=O)NS(C)(=O)=O. The second-order valence-electron chi connectivity index (χ2n) is 4.42. The van der Waals surface area contributed by atoms with Gasteiger partial charge in [-0.1, -0.05) is 0 Å². The summed E-state index contributed by atoms with van der Waals surface area (Å²) in [4.78, 5) is 11.2. The van der Waals surface area contributed by atoms with Crippen molar-refractivity contribution in [2.75, 3.05) is 33.4 Å². The van der Waals surface area contributed by atoms with Crippen molar-refractivity contribution >= 4 is 15.9 Å². The number of carbonyl (C=O) groups excluding carboxylic acids is 1. The molecule has 0 rings (SSSR count). The maximum absolute atomic E-state index is 11.2. The van der Waals surface area contributed by atoms with Crippen LogP contribution in [0.5, 0.6) is 0 Å². The lowest BCUT2D eigenvalue weighted by Gasteiger charge is -2.27. The van der Waals surface area contributed by atoms with Gasteiger partial charge in [-0.2, -0.15) is 0 Å². The Morgan fingerprint density at radius 1 is 1.44 bits per heavy atom. The van der Waals surface area contributed by atoms with Gasteiger partial charge < -0.3 is 4.48 Å². The van der Waals surface area contributed by atoms with Gasteiger partial charge in [0.05, 0.1) is 26.9 Å². The molecule has 0 saturated carbocycles. The minimum Gasteiger partial charge on any atom is -0.318 e. The number of hydrogen-bond donors (Lipinski definition) is 1. The van der Waals surface area contributed by atoms with Gasteiger partial charge in [0, 0.05) is 12.8 Å². The van der Waals surface area contributed by atoms with Gasteiger partial charge in [-0.3, -0.25) is 9.52 Å². The van der Waals surface area contributed by atoms with Gasteiger partial charge in [0.15, 0.2) is 0 Å². The third-order valence-corrected chi connectivity index (χ3v) is 2.58. The molecule has 1 N–H and O–H groups in total. The van der Waals surface area contributed by atoms with Crippen molar-refractivity contribution in [1.82, 2.24) is 4.72 Å². The van der Waals surface area contributed by atoms with Crippen LogP contribution in [0, 0.1) is 12.3 Å². The molecular weight excluding hydrogens is 228 g/mol. The van der Waals surface area contributed by atoms with Crippen LogP contribution in [0.4, 0.5) is 0 Å². The molecule has 0 aromatic rings. The molecule has 6 heteroatoms. The summed E-state index contributed by atoms with van der Waals surface area (Å²) in [5, 5.41) is 0. The largest absolute Gasteiger partial charge is 0.318 e. The highest BCUT2D eigenvalue weighted by atomic mass is 32.2. The number of hydrogen-bond acceptors (Lipinski definition) is 3.